The molecule has 0 amide bonds. The van der Waals surface area contributed by atoms with Crippen LogP contribution in [0.1, 0.15) is 0 Å². The molecule has 0 aliphatic carbocycles. The Labute approximate surface area is 111 Å². The third kappa shape index (κ3) is 2.11. The Balaban J connectivity index is 1.96. The lowest BCUT2D eigenvalue weighted by molar-refractivity contribution is 0.462. The van der Waals surface area contributed by atoms with Crippen molar-refractivity contribution in [1.29, 1.82) is 0 Å². The monoisotopic (exact) mass is 277 g/mol. The smallest absolute Gasteiger partial charge is 0.348 e. The van der Waals surface area contributed by atoms with Crippen LogP contribution in [0.25, 0.3) is 5.65 Å². The van der Waals surface area contributed by atoms with E-state index in [-0.39, 0.29) is 5.69 Å². The van der Waals surface area contributed by atoms with Crippen molar-refractivity contribution in [2.45, 2.75) is 0 Å². The van der Waals surface area contributed by atoms with Crippen molar-refractivity contribution < 1.29 is 4.74 Å². The minimum Gasteiger partial charge on any atom is -0.439 e. The summed E-state index contributed by atoms with van der Waals surface area (Å²) in [5.41, 5.74) is 6.13. The van der Waals surface area contributed by atoms with E-state index in [2.05, 4.69) is 15.2 Å². The van der Waals surface area contributed by atoms with Crippen LogP contribution in [0.5, 0.6) is 11.6 Å². The number of hydrogen-bond acceptors (Lipinski definition) is 5. The molecule has 2 aromatic heterocycles. The van der Waals surface area contributed by atoms with Gasteiger partial charge in [0, 0.05) is 12.1 Å². The van der Waals surface area contributed by atoms with E-state index in [0.717, 1.165) is 0 Å². The van der Waals surface area contributed by atoms with Gasteiger partial charge in [0.1, 0.15) is 12.1 Å². The van der Waals surface area contributed by atoms with E-state index in [4.69, 9.17) is 22.1 Å². The van der Waals surface area contributed by atoms with Gasteiger partial charge in [-0.2, -0.15) is 5.10 Å². The highest BCUT2D eigenvalue weighted by Gasteiger charge is 2.05. The number of nitrogens with zero attached hydrogens (tertiary/aromatic N) is 3. The summed E-state index contributed by atoms with van der Waals surface area (Å²) in [6.45, 7) is 0. The molecule has 3 aromatic rings. The zero-order valence-electron chi connectivity index (χ0n) is 9.50. The maximum absolute atomic E-state index is 11.3. The van der Waals surface area contributed by atoms with E-state index in [0.29, 0.717) is 28.0 Å². The highest BCUT2D eigenvalue weighted by atomic mass is 35.5. The summed E-state index contributed by atoms with van der Waals surface area (Å²) in [6, 6.07) is 6.42. The first kappa shape index (κ1) is 11.5. The molecular weight excluding hydrogens is 270 g/mol. The number of H-pyrrole nitrogens is 1. The van der Waals surface area contributed by atoms with Gasteiger partial charge in [-0.1, -0.05) is 11.6 Å². The number of nitrogen functional groups attached to an aromatic ring is 1. The zero-order chi connectivity index (χ0) is 13.4. The van der Waals surface area contributed by atoms with Crippen LogP contribution < -0.4 is 16.2 Å². The fraction of sp³-hybridized carbons (Fsp3) is 0. The average Bonchev–Trinajstić information content (AvgIpc) is 2.75. The second-order valence-corrected chi connectivity index (χ2v) is 4.18. The number of hydrogen-bond donors (Lipinski definition) is 2. The summed E-state index contributed by atoms with van der Waals surface area (Å²) in [4.78, 5) is 15.3. The first-order valence-electron chi connectivity index (χ1n) is 5.29. The Morgan fingerprint density at radius 1 is 1.37 bits per heavy atom. The van der Waals surface area contributed by atoms with Gasteiger partial charge in [0.2, 0.25) is 5.88 Å². The first-order chi connectivity index (χ1) is 9.13. The van der Waals surface area contributed by atoms with E-state index in [9.17, 15) is 4.79 Å². The van der Waals surface area contributed by atoms with Gasteiger partial charge >= 0.3 is 5.69 Å². The van der Waals surface area contributed by atoms with Gasteiger partial charge in [-0.25, -0.2) is 19.3 Å². The normalized spacial score (nSPS) is 10.8. The fourth-order valence-electron chi connectivity index (χ4n) is 1.54. The van der Waals surface area contributed by atoms with Gasteiger partial charge in [-0.3, -0.25) is 0 Å². The molecular formula is C11H8ClN5O2. The molecule has 96 valence electrons. The molecule has 0 bridgehead atoms. The van der Waals surface area contributed by atoms with E-state index in [1.807, 2.05) is 0 Å². The topological polar surface area (TPSA) is 98.3 Å². The Morgan fingerprint density at radius 3 is 3.00 bits per heavy atom. The van der Waals surface area contributed by atoms with Crippen LogP contribution in [0.15, 0.2) is 35.4 Å². The molecule has 7 nitrogen and oxygen atoms in total. The van der Waals surface area contributed by atoms with E-state index < -0.39 is 0 Å². The Kier molecular flexibility index (Phi) is 2.60. The summed E-state index contributed by atoms with van der Waals surface area (Å²) in [5, 5.41) is 6.52. The van der Waals surface area contributed by atoms with Gasteiger partial charge < -0.3 is 10.5 Å². The third-order valence-corrected chi connectivity index (χ3v) is 2.81. The predicted molar refractivity (Wildman–Crippen MR) is 69.5 cm³/mol. The van der Waals surface area contributed by atoms with Crippen LogP contribution in [0.3, 0.4) is 0 Å². The highest BCUT2D eigenvalue weighted by molar-refractivity contribution is 6.33. The highest BCUT2D eigenvalue weighted by Crippen LogP contribution is 2.27. The maximum Gasteiger partial charge on any atom is 0.348 e. The second-order valence-electron chi connectivity index (χ2n) is 3.77. The number of ether oxygens (including phenoxy) is 1. The van der Waals surface area contributed by atoms with Crippen molar-refractivity contribution in [3.8, 4) is 11.6 Å². The van der Waals surface area contributed by atoms with Crippen LogP contribution in [-0.4, -0.2) is 19.6 Å². The van der Waals surface area contributed by atoms with Crippen LogP contribution in [-0.2, 0) is 0 Å². The van der Waals surface area contributed by atoms with Crippen LogP contribution >= 0.6 is 11.6 Å². The molecule has 0 aliphatic rings. The first-order valence-corrected chi connectivity index (χ1v) is 5.67. The number of anilines is 1. The summed E-state index contributed by atoms with van der Waals surface area (Å²) in [5.74, 6) is 0.793. The number of rotatable bonds is 2. The molecule has 1 aromatic carbocycles. The molecule has 0 saturated heterocycles. The van der Waals surface area contributed by atoms with E-state index in [1.54, 1.807) is 18.2 Å². The van der Waals surface area contributed by atoms with Gasteiger partial charge in [0.15, 0.2) is 5.65 Å². The molecule has 19 heavy (non-hydrogen) atoms. The number of nitrogens with two attached hydrogens (primary N) is 1. The van der Waals surface area contributed by atoms with Crippen molar-refractivity contribution in [2.75, 3.05) is 5.73 Å². The number of benzene rings is 1. The Morgan fingerprint density at radius 2 is 2.21 bits per heavy atom. The molecule has 3 N–H and O–H groups in total. The van der Waals surface area contributed by atoms with Gasteiger partial charge in [0.05, 0.1) is 10.7 Å². The van der Waals surface area contributed by atoms with Crippen LogP contribution in [0.4, 0.5) is 5.69 Å². The average molecular weight is 278 g/mol. The fourth-order valence-corrected chi connectivity index (χ4v) is 1.71. The van der Waals surface area contributed by atoms with E-state index >= 15 is 0 Å². The van der Waals surface area contributed by atoms with E-state index in [1.165, 1.54) is 16.8 Å². The minimum atomic E-state index is -0.357. The van der Waals surface area contributed by atoms with Crippen LogP contribution in [0, 0.1) is 0 Å². The molecule has 0 radical (unpaired) electrons. The standard InChI is InChI=1S/C11H8ClN5O2/c12-7-3-6(1-2-8(7)13)19-10-4-9-15-16-11(18)17(9)5-14-10/h1-5H,13H2,(H,16,18). The number of aromatic amines is 1. The second kappa shape index (κ2) is 4.29. The summed E-state index contributed by atoms with van der Waals surface area (Å²) >= 11 is 5.89. The molecule has 0 fully saturated rings. The van der Waals surface area contributed by atoms with Crippen molar-refractivity contribution in [1.82, 2.24) is 19.6 Å². The maximum atomic E-state index is 11.3. The van der Waals surface area contributed by atoms with Crippen molar-refractivity contribution in [2.24, 2.45) is 0 Å². The Bertz CT molecular complexity index is 810. The number of aromatic nitrogens is 4. The SMILES string of the molecule is Nc1ccc(Oc2cc3n[nH]c(=O)n3cn2)cc1Cl. The quantitative estimate of drug-likeness (QED) is 0.691. The number of fused-ring (bicyclic) bond motifs is 1. The minimum absolute atomic E-state index is 0.298. The molecule has 2 heterocycles. The van der Waals surface area contributed by atoms with Crippen LogP contribution in [0.2, 0.25) is 5.02 Å². The molecule has 0 unspecified atom stereocenters. The predicted octanol–water partition coefficient (Wildman–Crippen LogP) is 1.45. The summed E-state index contributed by atoms with van der Waals surface area (Å²) < 4.78 is 6.78. The van der Waals surface area contributed by atoms with Crippen molar-refractivity contribution >= 4 is 22.9 Å². The molecule has 0 saturated carbocycles. The zero-order valence-corrected chi connectivity index (χ0v) is 10.3. The Hall–Kier alpha value is -2.54. The van der Waals surface area contributed by atoms with Gasteiger partial charge in [0.25, 0.3) is 0 Å². The molecule has 3 rings (SSSR count). The summed E-state index contributed by atoms with van der Waals surface area (Å²) in [7, 11) is 0. The molecule has 8 heteroatoms. The lowest BCUT2D eigenvalue weighted by atomic mass is 10.3. The lowest BCUT2D eigenvalue weighted by Crippen LogP contribution is -2.09. The molecule has 0 atom stereocenters. The largest absolute Gasteiger partial charge is 0.439 e. The third-order valence-electron chi connectivity index (χ3n) is 2.48. The lowest BCUT2D eigenvalue weighted by Gasteiger charge is -2.05. The molecule has 0 spiro atoms. The van der Waals surface area contributed by atoms with Crippen molar-refractivity contribution in [3.63, 3.8) is 0 Å². The number of nitrogens with one attached hydrogen (secondary N) is 1. The summed E-state index contributed by atoms with van der Waals surface area (Å²) in [6.07, 6.45) is 1.33. The van der Waals surface area contributed by atoms with Gasteiger partial charge in [-0.05, 0) is 12.1 Å². The molecule has 0 aliphatic heterocycles. The van der Waals surface area contributed by atoms with Crippen molar-refractivity contribution in [3.05, 3.63) is 46.1 Å². The number of halogens is 1. The van der Waals surface area contributed by atoms with Gasteiger partial charge in [-0.15, -0.1) is 0 Å².